The van der Waals surface area contributed by atoms with Gasteiger partial charge in [-0.05, 0) is 40.6 Å². The highest BCUT2D eigenvalue weighted by molar-refractivity contribution is 5.86. The standard InChI is InChI=1S/C34H27N3O4/c1-39-30-19-23(20-31(40-2)32(30)41-22-26-15-10-14-24-11-6-7-16-27(24)26)21-35-37-33(25-12-4-3-5-13-25)36-29-18-9-8-17-28(29)34(37)38/h3-21H,22H2,1-2H3. The van der Waals surface area contributed by atoms with E-state index in [9.17, 15) is 4.79 Å². The molecule has 41 heavy (non-hydrogen) atoms. The zero-order valence-electron chi connectivity index (χ0n) is 22.7. The number of hydrogen-bond donors (Lipinski definition) is 0. The van der Waals surface area contributed by atoms with Crippen LogP contribution in [0.15, 0.2) is 119 Å². The molecular weight excluding hydrogens is 514 g/mol. The predicted octanol–water partition coefficient (Wildman–Crippen LogP) is 6.70. The molecule has 0 bridgehead atoms. The molecule has 0 aliphatic rings. The van der Waals surface area contributed by atoms with Crippen LogP contribution in [-0.4, -0.2) is 30.1 Å². The maximum Gasteiger partial charge on any atom is 0.282 e. The van der Waals surface area contributed by atoms with E-state index < -0.39 is 0 Å². The summed E-state index contributed by atoms with van der Waals surface area (Å²) in [5, 5.41) is 7.33. The zero-order valence-corrected chi connectivity index (χ0v) is 22.7. The predicted molar refractivity (Wildman–Crippen MR) is 162 cm³/mol. The van der Waals surface area contributed by atoms with Crippen LogP contribution in [-0.2, 0) is 6.61 Å². The van der Waals surface area contributed by atoms with Crippen molar-refractivity contribution in [3.05, 3.63) is 131 Å². The normalized spacial score (nSPS) is 11.3. The summed E-state index contributed by atoms with van der Waals surface area (Å²) in [5.74, 6) is 1.89. The third-order valence-corrected chi connectivity index (χ3v) is 6.84. The van der Waals surface area contributed by atoms with Gasteiger partial charge in [0.2, 0.25) is 5.75 Å². The number of aromatic nitrogens is 2. The molecule has 0 aliphatic heterocycles. The number of benzene rings is 5. The van der Waals surface area contributed by atoms with Crippen molar-refractivity contribution in [1.29, 1.82) is 0 Å². The molecule has 0 aliphatic carbocycles. The third kappa shape index (κ3) is 5.13. The fourth-order valence-electron chi connectivity index (χ4n) is 4.81. The molecule has 202 valence electrons. The van der Waals surface area contributed by atoms with Gasteiger partial charge in [0.1, 0.15) is 6.61 Å². The van der Waals surface area contributed by atoms with Crippen molar-refractivity contribution >= 4 is 27.9 Å². The summed E-state index contributed by atoms with van der Waals surface area (Å²) in [4.78, 5) is 18.3. The van der Waals surface area contributed by atoms with Gasteiger partial charge in [0, 0.05) is 11.1 Å². The summed E-state index contributed by atoms with van der Waals surface area (Å²) < 4.78 is 18.9. The Kier molecular flexibility index (Phi) is 7.15. The molecule has 7 nitrogen and oxygen atoms in total. The van der Waals surface area contributed by atoms with Crippen LogP contribution in [0.2, 0.25) is 0 Å². The second-order valence-electron chi connectivity index (χ2n) is 9.36. The van der Waals surface area contributed by atoms with E-state index >= 15 is 0 Å². The lowest BCUT2D eigenvalue weighted by atomic mass is 10.1. The maximum atomic E-state index is 13.5. The van der Waals surface area contributed by atoms with E-state index in [1.54, 1.807) is 38.6 Å². The van der Waals surface area contributed by atoms with Gasteiger partial charge in [-0.2, -0.15) is 9.78 Å². The summed E-state index contributed by atoms with van der Waals surface area (Å²) in [6, 6.07) is 34.7. The lowest BCUT2D eigenvalue weighted by Crippen LogP contribution is -2.20. The number of rotatable bonds is 8. The Labute approximate surface area is 236 Å². The summed E-state index contributed by atoms with van der Waals surface area (Å²) >= 11 is 0. The van der Waals surface area contributed by atoms with E-state index in [1.165, 1.54) is 4.68 Å². The zero-order chi connectivity index (χ0) is 28.2. The van der Waals surface area contributed by atoms with Gasteiger partial charge in [-0.3, -0.25) is 4.79 Å². The van der Waals surface area contributed by atoms with Gasteiger partial charge in [0.05, 0.1) is 31.3 Å². The minimum Gasteiger partial charge on any atom is -0.493 e. The molecule has 7 heteroatoms. The topological polar surface area (TPSA) is 74.9 Å². The molecule has 6 aromatic rings. The highest BCUT2D eigenvalue weighted by atomic mass is 16.5. The molecular formula is C34H27N3O4. The lowest BCUT2D eigenvalue weighted by Gasteiger charge is -2.16. The van der Waals surface area contributed by atoms with Gasteiger partial charge in [-0.1, -0.05) is 84.9 Å². The van der Waals surface area contributed by atoms with Gasteiger partial charge < -0.3 is 14.2 Å². The summed E-state index contributed by atoms with van der Waals surface area (Å²) in [5.41, 5.74) is 2.84. The molecule has 5 aromatic carbocycles. The molecule has 6 rings (SSSR count). The highest BCUT2D eigenvalue weighted by Gasteiger charge is 2.16. The van der Waals surface area contributed by atoms with Crippen molar-refractivity contribution in [3.8, 4) is 28.6 Å². The Morgan fingerprint density at radius 2 is 1.44 bits per heavy atom. The number of methoxy groups -OCH3 is 2. The smallest absolute Gasteiger partial charge is 0.282 e. The Morgan fingerprint density at radius 3 is 2.20 bits per heavy atom. The first-order valence-corrected chi connectivity index (χ1v) is 13.1. The molecule has 0 radical (unpaired) electrons. The van der Waals surface area contributed by atoms with Crippen LogP contribution in [0, 0.1) is 0 Å². The number of ether oxygens (including phenoxy) is 3. The van der Waals surface area contributed by atoms with Crippen LogP contribution in [0.4, 0.5) is 0 Å². The van der Waals surface area contributed by atoms with Crippen molar-refractivity contribution in [1.82, 2.24) is 9.66 Å². The summed E-state index contributed by atoms with van der Waals surface area (Å²) in [6.45, 7) is 0.333. The molecule has 0 amide bonds. The van der Waals surface area contributed by atoms with Gasteiger partial charge >= 0.3 is 0 Å². The molecule has 0 unspecified atom stereocenters. The second kappa shape index (κ2) is 11.4. The van der Waals surface area contributed by atoms with Gasteiger partial charge in [0.25, 0.3) is 5.56 Å². The maximum absolute atomic E-state index is 13.5. The number of nitrogens with zero attached hydrogens (tertiary/aromatic N) is 3. The summed E-state index contributed by atoms with van der Waals surface area (Å²) in [6.07, 6.45) is 1.59. The minimum absolute atomic E-state index is 0.264. The Bertz CT molecular complexity index is 1920. The fraction of sp³-hybridized carbons (Fsp3) is 0.0882. The molecule has 0 spiro atoms. The molecule has 1 heterocycles. The quantitative estimate of drug-likeness (QED) is 0.201. The molecule has 1 aromatic heterocycles. The molecule has 0 atom stereocenters. The Hall–Kier alpha value is -5.43. The van der Waals surface area contributed by atoms with Crippen molar-refractivity contribution in [2.75, 3.05) is 14.2 Å². The van der Waals surface area contributed by atoms with Gasteiger partial charge in [-0.25, -0.2) is 4.98 Å². The van der Waals surface area contributed by atoms with Crippen LogP contribution in [0.1, 0.15) is 11.1 Å². The number of hydrogen-bond acceptors (Lipinski definition) is 6. The third-order valence-electron chi connectivity index (χ3n) is 6.84. The van der Waals surface area contributed by atoms with Crippen molar-refractivity contribution in [2.45, 2.75) is 6.61 Å². The van der Waals surface area contributed by atoms with E-state index in [2.05, 4.69) is 23.3 Å². The second-order valence-corrected chi connectivity index (χ2v) is 9.36. The SMILES string of the molecule is COc1cc(C=Nn2c(-c3ccccc3)nc3ccccc3c2=O)cc(OC)c1OCc1cccc2ccccc12. The average Bonchev–Trinajstić information content (AvgIpc) is 3.03. The highest BCUT2D eigenvalue weighted by Crippen LogP contribution is 2.39. The fourth-order valence-corrected chi connectivity index (χ4v) is 4.81. The molecule has 0 N–H and O–H groups in total. The van der Waals surface area contributed by atoms with E-state index in [-0.39, 0.29) is 5.56 Å². The van der Waals surface area contributed by atoms with Gasteiger partial charge in [0.15, 0.2) is 17.3 Å². The Morgan fingerprint density at radius 1 is 0.780 bits per heavy atom. The lowest BCUT2D eigenvalue weighted by molar-refractivity contribution is 0.267. The van der Waals surface area contributed by atoms with Crippen molar-refractivity contribution < 1.29 is 14.2 Å². The van der Waals surface area contributed by atoms with E-state index in [0.29, 0.717) is 46.1 Å². The van der Waals surface area contributed by atoms with Crippen LogP contribution < -0.4 is 19.8 Å². The summed E-state index contributed by atoms with van der Waals surface area (Å²) in [7, 11) is 3.15. The first-order chi connectivity index (χ1) is 20.2. The number of para-hydroxylation sites is 1. The monoisotopic (exact) mass is 541 g/mol. The van der Waals surface area contributed by atoms with Crippen molar-refractivity contribution in [3.63, 3.8) is 0 Å². The van der Waals surface area contributed by atoms with Crippen LogP contribution in [0.5, 0.6) is 17.2 Å². The van der Waals surface area contributed by atoms with E-state index in [4.69, 9.17) is 19.2 Å². The van der Waals surface area contributed by atoms with Gasteiger partial charge in [-0.15, -0.1) is 0 Å². The number of fused-ring (bicyclic) bond motifs is 2. The van der Waals surface area contributed by atoms with Crippen LogP contribution in [0.25, 0.3) is 33.1 Å². The largest absolute Gasteiger partial charge is 0.493 e. The first-order valence-electron chi connectivity index (χ1n) is 13.1. The molecule has 0 saturated heterocycles. The molecule has 0 saturated carbocycles. The van der Waals surface area contributed by atoms with Crippen LogP contribution >= 0.6 is 0 Å². The minimum atomic E-state index is -0.264. The first kappa shape index (κ1) is 25.8. The van der Waals surface area contributed by atoms with Crippen molar-refractivity contribution in [2.24, 2.45) is 5.10 Å². The van der Waals surface area contributed by atoms with E-state index in [0.717, 1.165) is 21.9 Å². The molecule has 0 fully saturated rings. The van der Waals surface area contributed by atoms with Crippen LogP contribution in [0.3, 0.4) is 0 Å². The van der Waals surface area contributed by atoms with E-state index in [1.807, 2.05) is 72.8 Å². The average molecular weight is 542 g/mol. The Balaban J connectivity index is 1.37.